The predicted molar refractivity (Wildman–Crippen MR) is 61.2 cm³/mol. The van der Waals surface area contributed by atoms with Gasteiger partial charge in [0.2, 0.25) is 0 Å². The van der Waals surface area contributed by atoms with Crippen LogP contribution in [0.1, 0.15) is 0 Å². The third kappa shape index (κ3) is 3.98. The van der Waals surface area contributed by atoms with Gasteiger partial charge in [0.25, 0.3) is 0 Å². The summed E-state index contributed by atoms with van der Waals surface area (Å²) in [5.41, 5.74) is 5.86. The van der Waals surface area contributed by atoms with Crippen molar-refractivity contribution in [1.82, 2.24) is 0 Å². The largest absolute Gasteiger partial charge is 0.405 e. The molecule has 0 amide bonds. The molecule has 0 unspecified atom stereocenters. The summed E-state index contributed by atoms with van der Waals surface area (Å²) < 4.78 is 37.0. The van der Waals surface area contributed by atoms with Crippen LogP contribution in [0.15, 0.2) is 18.2 Å². The first kappa shape index (κ1) is 13.9. The molecule has 0 bridgehead atoms. The summed E-state index contributed by atoms with van der Waals surface area (Å²) in [6.07, 6.45) is -4.37. The Kier molecular flexibility index (Phi) is 4.47. The van der Waals surface area contributed by atoms with Crippen LogP contribution >= 0.6 is 11.6 Å². The molecule has 0 fully saturated rings. The van der Waals surface area contributed by atoms with Crippen LogP contribution in [0.4, 0.5) is 24.5 Å². The van der Waals surface area contributed by atoms with Crippen molar-refractivity contribution in [1.29, 1.82) is 0 Å². The van der Waals surface area contributed by atoms with E-state index >= 15 is 0 Å². The highest BCUT2D eigenvalue weighted by Gasteiger charge is 2.31. The van der Waals surface area contributed by atoms with E-state index in [0.29, 0.717) is 0 Å². The van der Waals surface area contributed by atoms with Gasteiger partial charge in [0.05, 0.1) is 23.0 Å². The zero-order chi connectivity index (χ0) is 13.1. The van der Waals surface area contributed by atoms with Crippen LogP contribution in [-0.2, 0) is 0 Å². The summed E-state index contributed by atoms with van der Waals surface area (Å²) in [5.74, 6) is 0. The van der Waals surface area contributed by atoms with E-state index in [4.69, 9.17) is 22.4 Å². The second kappa shape index (κ2) is 5.46. The molecule has 0 atom stereocenters. The Morgan fingerprint density at radius 2 is 2.00 bits per heavy atom. The molecule has 0 saturated heterocycles. The van der Waals surface area contributed by atoms with Gasteiger partial charge in [-0.1, -0.05) is 17.7 Å². The molecule has 3 nitrogen and oxygen atoms in total. The van der Waals surface area contributed by atoms with E-state index in [1.165, 1.54) is 18.2 Å². The summed E-state index contributed by atoms with van der Waals surface area (Å²) in [6, 6.07) is 4.43. The molecule has 0 radical (unpaired) electrons. The second-order valence-corrected chi connectivity index (χ2v) is 3.84. The van der Waals surface area contributed by atoms with Gasteiger partial charge in [-0.25, -0.2) is 0 Å². The lowest BCUT2D eigenvalue weighted by Crippen LogP contribution is -2.36. The van der Waals surface area contributed by atoms with Crippen LogP contribution in [-0.4, -0.2) is 31.0 Å². The van der Waals surface area contributed by atoms with Crippen LogP contribution in [0.5, 0.6) is 0 Å². The Balaban J connectivity index is 3.01. The number of rotatable bonds is 4. The van der Waals surface area contributed by atoms with E-state index in [9.17, 15) is 13.2 Å². The lowest BCUT2D eigenvalue weighted by molar-refractivity contribution is -0.119. The van der Waals surface area contributed by atoms with E-state index < -0.39 is 19.3 Å². The topological polar surface area (TPSA) is 49.5 Å². The summed E-state index contributed by atoms with van der Waals surface area (Å²) in [5, 5.41) is 8.96. The van der Waals surface area contributed by atoms with E-state index in [0.717, 1.165) is 4.90 Å². The third-order valence-electron chi connectivity index (χ3n) is 2.11. The number of nitrogens with two attached hydrogens (primary N) is 1. The number of anilines is 2. The number of aliphatic hydroxyl groups is 1. The molecule has 96 valence electrons. The molecule has 1 aromatic rings. The maximum atomic E-state index is 12.3. The van der Waals surface area contributed by atoms with Gasteiger partial charge < -0.3 is 15.7 Å². The van der Waals surface area contributed by atoms with Crippen molar-refractivity contribution < 1.29 is 18.3 Å². The van der Waals surface area contributed by atoms with Crippen molar-refractivity contribution in [2.45, 2.75) is 6.18 Å². The molecule has 0 aromatic heterocycles. The molecule has 1 aromatic carbocycles. The Hall–Kier alpha value is -1.14. The lowest BCUT2D eigenvalue weighted by atomic mass is 10.2. The molecule has 17 heavy (non-hydrogen) atoms. The average molecular weight is 269 g/mol. The number of nitrogens with zero attached hydrogens (tertiary/aromatic N) is 1. The van der Waals surface area contributed by atoms with Crippen molar-refractivity contribution in [3.8, 4) is 0 Å². The highest BCUT2D eigenvalue weighted by atomic mass is 35.5. The maximum Gasteiger partial charge on any atom is 0.405 e. The first-order valence-corrected chi connectivity index (χ1v) is 5.19. The van der Waals surface area contributed by atoms with E-state index in [-0.39, 0.29) is 22.9 Å². The van der Waals surface area contributed by atoms with E-state index in [1.807, 2.05) is 0 Å². The van der Waals surface area contributed by atoms with Gasteiger partial charge in [0.1, 0.15) is 6.54 Å². The molecule has 3 N–H and O–H groups in total. The van der Waals surface area contributed by atoms with Gasteiger partial charge in [-0.15, -0.1) is 0 Å². The van der Waals surface area contributed by atoms with Gasteiger partial charge in [-0.2, -0.15) is 13.2 Å². The first-order chi connectivity index (χ1) is 7.85. The standard InChI is InChI=1S/C10H12ClF3N2O/c11-7-2-1-3-8(9(7)15)16(4-5-17)6-10(12,13)14/h1-3,17H,4-6,15H2. The fraction of sp³-hybridized carbons (Fsp3) is 0.400. The highest BCUT2D eigenvalue weighted by Crippen LogP contribution is 2.31. The zero-order valence-electron chi connectivity index (χ0n) is 8.84. The fourth-order valence-corrected chi connectivity index (χ4v) is 1.59. The van der Waals surface area contributed by atoms with Crippen molar-refractivity contribution in [3.63, 3.8) is 0 Å². The fourth-order valence-electron chi connectivity index (χ4n) is 1.42. The number of halogens is 4. The second-order valence-electron chi connectivity index (χ2n) is 3.43. The average Bonchev–Trinajstić information content (AvgIpc) is 2.19. The number of hydrogen-bond donors (Lipinski definition) is 2. The molecule has 0 aliphatic heterocycles. The minimum atomic E-state index is -4.37. The summed E-state index contributed by atoms with van der Waals surface area (Å²) in [6.45, 7) is -1.75. The Morgan fingerprint density at radius 3 is 2.53 bits per heavy atom. The lowest BCUT2D eigenvalue weighted by Gasteiger charge is -2.26. The summed E-state index contributed by atoms with van der Waals surface area (Å²) >= 11 is 5.73. The van der Waals surface area contributed by atoms with Crippen LogP contribution in [0.3, 0.4) is 0 Å². The number of hydrogen-bond acceptors (Lipinski definition) is 3. The highest BCUT2D eigenvalue weighted by molar-refractivity contribution is 6.33. The molecular formula is C10H12ClF3N2O. The zero-order valence-corrected chi connectivity index (χ0v) is 9.59. The van der Waals surface area contributed by atoms with E-state index in [1.54, 1.807) is 0 Å². The van der Waals surface area contributed by atoms with E-state index in [2.05, 4.69) is 0 Å². The number of benzene rings is 1. The smallest absolute Gasteiger partial charge is 0.396 e. The summed E-state index contributed by atoms with van der Waals surface area (Å²) in [4.78, 5) is 0.946. The number of nitrogen functional groups attached to an aromatic ring is 1. The van der Waals surface area contributed by atoms with Crippen molar-refractivity contribution >= 4 is 23.0 Å². The Bertz CT molecular complexity index is 384. The van der Waals surface area contributed by atoms with Gasteiger partial charge >= 0.3 is 6.18 Å². The van der Waals surface area contributed by atoms with Crippen molar-refractivity contribution in [2.75, 3.05) is 30.3 Å². The number of para-hydroxylation sites is 1. The Labute approximate surface area is 102 Å². The van der Waals surface area contributed by atoms with Crippen LogP contribution in [0.2, 0.25) is 5.02 Å². The third-order valence-corrected chi connectivity index (χ3v) is 2.44. The molecule has 0 aliphatic rings. The van der Waals surface area contributed by atoms with Gasteiger partial charge in [-0.3, -0.25) is 0 Å². The Morgan fingerprint density at radius 1 is 1.35 bits per heavy atom. The molecule has 0 spiro atoms. The predicted octanol–water partition coefficient (Wildman–Crippen LogP) is 2.28. The van der Waals surface area contributed by atoms with Crippen LogP contribution in [0, 0.1) is 0 Å². The van der Waals surface area contributed by atoms with Gasteiger partial charge in [0, 0.05) is 6.54 Å². The molecule has 1 rings (SSSR count). The minimum Gasteiger partial charge on any atom is -0.396 e. The number of alkyl halides is 3. The maximum absolute atomic E-state index is 12.3. The number of aliphatic hydroxyl groups excluding tert-OH is 1. The molecule has 7 heteroatoms. The van der Waals surface area contributed by atoms with Crippen LogP contribution in [0.25, 0.3) is 0 Å². The monoisotopic (exact) mass is 268 g/mol. The molecule has 0 saturated carbocycles. The van der Waals surface area contributed by atoms with Gasteiger partial charge in [0.15, 0.2) is 0 Å². The van der Waals surface area contributed by atoms with Crippen molar-refractivity contribution in [3.05, 3.63) is 23.2 Å². The molecular weight excluding hydrogens is 257 g/mol. The normalized spacial score (nSPS) is 11.6. The van der Waals surface area contributed by atoms with Crippen molar-refractivity contribution in [2.24, 2.45) is 0 Å². The van der Waals surface area contributed by atoms with Gasteiger partial charge in [-0.05, 0) is 12.1 Å². The quantitative estimate of drug-likeness (QED) is 0.824. The minimum absolute atomic E-state index is 0.0758. The summed E-state index contributed by atoms with van der Waals surface area (Å²) in [7, 11) is 0. The molecule has 0 heterocycles. The first-order valence-electron chi connectivity index (χ1n) is 4.81. The van der Waals surface area contributed by atoms with Crippen LogP contribution < -0.4 is 10.6 Å². The SMILES string of the molecule is Nc1c(Cl)cccc1N(CCO)CC(F)(F)F. The molecule has 0 aliphatic carbocycles.